The molecule has 1 saturated heterocycles. The van der Waals surface area contributed by atoms with Crippen LogP contribution in [-0.2, 0) is 9.53 Å². The van der Waals surface area contributed by atoms with E-state index in [2.05, 4.69) is 6.07 Å². The van der Waals surface area contributed by atoms with E-state index < -0.39 is 0 Å². The van der Waals surface area contributed by atoms with Gasteiger partial charge in [-0.1, -0.05) is 0 Å². The molecule has 0 spiro atoms. The lowest BCUT2D eigenvalue weighted by Crippen LogP contribution is -2.46. The summed E-state index contributed by atoms with van der Waals surface area (Å²) in [5.74, 6) is 0.151. The molecule has 1 aliphatic rings. The zero-order valence-electron chi connectivity index (χ0n) is 7.82. The summed E-state index contributed by atoms with van der Waals surface area (Å²) in [5.41, 5.74) is 0. The molecular weight excluding hydrogens is 168 g/mol. The number of ketones is 1. The van der Waals surface area contributed by atoms with E-state index in [1.165, 1.54) is 0 Å². The number of carbonyl (C=O) groups excluding carboxylic acids is 1. The first-order valence-corrected chi connectivity index (χ1v) is 4.42. The molecule has 0 bridgehead atoms. The highest BCUT2D eigenvalue weighted by atomic mass is 16.5. The Morgan fingerprint density at radius 2 is 2.54 bits per heavy atom. The van der Waals surface area contributed by atoms with Crippen molar-refractivity contribution in [3.8, 4) is 6.07 Å². The van der Waals surface area contributed by atoms with E-state index in [1.807, 2.05) is 4.90 Å². The van der Waals surface area contributed by atoms with Gasteiger partial charge in [-0.25, -0.2) is 0 Å². The number of morpholine rings is 1. The Kier molecular flexibility index (Phi) is 3.87. The maximum Gasteiger partial charge on any atom is 0.131 e. The molecule has 0 saturated carbocycles. The van der Waals surface area contributed by atoms with Gasteiger partial charge < -0.3 is 4.74 Å². The van der Waals surface area contributed by atoms with Crippen LogP contribution in [0.1, 0.15) is 13.3 Å². The second-order valence-electron chi connectivity index (χ2n) is 3.26. The zero-order chi connectivity index (χ0) is 9.68. The first kappa shape index (κ1) is 10.2. The molecule has 1 aliphatic heterocycles. The smallest absolute Gasteiger partial charge is 0.131 e. The number of Topliss-reactive ketones (excluding diaryl/α,β-unsaturated/α-hetero) is 1. The molecule has 1 fully saturated rings. The lowest BCUT2D eigenvalue weighted by Gasteiger charge is -2.33. The summed E-state index contributed by atoms with van der Waals surface area (Å²) in [5, 5.41) is 8.55. The molecule has 0 amide bonds. The predicted octanol–water partition coefficient (Wildman–Crippen LogP) is 0.190. The van der Waals surface area contributed by atoms with Gasteiger partial charge in [0.1, 0.15) is 5.78 Å². The van der Waals surface area contributed by atoms with Crippen LogP contribution in [0.5, 0.6) is 0 Å². The molecule has 1 rings (SSSR count). The largest absolute Gasteiger partial charge is 0.378 e. The topological polar surface area (TPSA) is 53.3 Å². The minimum atomic E-state index is 0.103. The van der Waals surface area contributed by atoms with Gasteiger partial charge in [-0.05, 0) is 6.92 Å². The molecule has 0 aromatic carbocycles. The summed E-state index contributed by atoms with van der Waals surface area (Å²) in [6.07, 6.45) is 0.488. The average molecular weight is 182 g/mol. The normalized spacial score (nSPS) is 23.8. The van der Waals surface area contributed by atoms with Crippen molar-refractivity contribution in [2.75, 3.05) is 26.3 Å². The third-order valence-corrected chi connectivity index (χ3v) is 2.15. The first-order chi connectivity index (χ1) is 6.24. The van der Waals surface area contributed by atoms with Gasteiger partial charge in [-0.3, -0.25) is 9.69 Å². The Labute approximate surface area is 78.1 Å². The molecule has 0 aromatic rings. The predicted molar refractivity (Wildman–Crippen MR) is 47.1 cm³/mol. The summed E-state index contributed by atoms with van der Waals surface area (Å²) in [6.45, 7) is 3.95. The number of nitrogens with zero attached hydrogens (tertiary/aromatic N) is 2. The molecule has 4 heteroatoms. The Morgan fingerprint density at radius 3 is 3.15 bits per heavy atom. The maximum absolute atomic E-state index is 10.9. The van der Waals surface area contributed by atoms with Crippen molar-refractivity contribution in [2.45, 2.75) is 19.4 Å². The van der Waals surface area contributed by atoms with Gasteiger partial charge in [0.05, 0.1) is 25.8 Å². The molecule has 0 aliphatic carbocycles. The van der Waals surface area contributed by atoms with Crippen LogP contribution in [-0.4, -0.2) is 43.0 Å². The molecule has 4 nitrogen and oxygen atoms in total. The van der Waals surface area contributed by atoms with Crippen LogP contribution in [0.4, 0.5) is 0 Å². The van der Waals surface area contributed by atoms with Crippen LogP contribution in [0.3, 0.4) is 0 Å². The molecule has 1 unspecified atom stereocenters. The van der Waals surface area contributed by atoms with Crippen molar-refractivity contribution < 1.29 is 9.53 Å². The lowest BCUT2D eigenvalue weighted by molar-refractivity contribution is -0.119. The van der Waals surface area contributed by atoms with Crippen molar-refractivity contribution >= 4 is 5.78 Å². The van der Waals surface area contributed by atoms with Gasteiger partial charge in [0.25, 0.3) is 0 Å². The van der Waals surface area contributed by atoms with Crippen molar-refractivity contribution in [3.63, 3.8) is 0 Å². The second kappa shape index (κ2) is 4.95. The van der Waals surface area contributed by atoms with Gasteiger partial charge in [0.15, 0.2) is 0 Å². The van der Waals surface area contributed by atoms with Crippen LogP contribution < -0.4 is 0 Å². The lowest BCUT2D eigenvalue weighted by atomic mass is 10.1. The van der Waals surface area contributed by atoms with Crippen molar-refractivity contribution in [1.29, 1.82) is 5.26 Å². The molecular formula is C9H14N2O2. The summed E-state index contributed by atoms with van der Waals surface area (Å²) in [7, 11) is 0. The summed E-state index contributed by atoms with van der Waals surface area (Å²) >= 11 is 0. The van der Waals surface area contributed by atoms with Gasteiger partial charge in [0.2, 0.25) is 0 Å². The van der Waals surface area contributed by atoms with Gasteiger partial charge in [0, 0.05) is 19.0 Å². The Hall–Kier alpha value is -0.920. The molecule has 0 aromatic heterocycles. The Morgan fingerprint density at radius 1 is 1.77 bits per heavy atom. The summed E-state index contributed by atoms with van der Waals surface area (Å²) in [4.78, 5) is 12.9. The zero-order valence-corrected chi connectivity index (χ0v) is 7.82. The molecule has 13 heavy (non-hydrogen) atoms. The standard InChI is InChI=1S/C9H14N2O2/c1-8(12)6-9-7-13-5-4-11(9)3-2-10/h9H,3-7H2,1H3. The van der Waals surface area contributed by atoms with Crippen molar-refractivity contribution in [2.24, 2.45) is 0 Å². The third kappa shape index (κ3) is 3.13. The number of carbonyl (C=O) groups is 1. The molecule has 1 atom stereocenters. The highest BCUT2D eigenvalue weighted by Gasteiger charge is 2.23. The van der Waals surface area contributed by atoms with Gasteiger partial charge in [-0.15, -0.1) is 0 Å². The summed E-state index contributed by atoms with van der Waals surface area (Å²) < 4.78 is 5.26. The average Bonchev–Trinajstić information content (AvgIpc) is 2.08. The van der Waals surface area contributed by atoms with E-state index in [1.54, 1.807) is 6.92 Å². The van der Waals surface area contributed by atoms with Crippen LogP contribution in [0.2, 0.25) is 0 Å². The molecule has 0 N–H and O–H groups in total. The van der Waals surface area contributed by atoms with Gasteiger partial charge in [-0.2, -0.15) is 5.26 Å². The highest BCUT2D eigenvalue weighted by molar-refractivity contribution is 5.76. The van der Waals surface area contributed by atoms with Gasteiger partial charge >= 0.3 is 0 Å². The number of ether oxygens (including phenoxy) is 1. The summed E-state index contributed by atoms with van der Waals surface area (Å²) in [6, 6.07) is 2.20. The van der Waals surface area contributed by atoms with Crippen molar-refractivity contribution in [1.82, 2.24) is 4.90 Å². The number of nitriles is 1. The number of hydrogen-bond donors (Lipinski definition) is 0. The van der Waals surface area contributed by atoms with Crippen LogP contribution in [0, 0.1) is 11.3 Å². The van der Waals surface area contributed by atoms with E-state index in [-0.39, 0.29) is 11.8 Å². The van der Waals surface area contributed by atoms with E-state index in [0.717, 1.165) is 6.54 Å². The maximum atomic E-state index is 10.9. The van der Waals surface area contributed by atoms with Crippen LogP contribution in [0.25, 0.3) is 0 Å². The first-order valence-electron chi connectivity index (χ1n) is 4.42. The Balaban J connectivity index is 2.47. The SMILES string of the molecule is CC(=O)CC1COCCN1CC#N. The number of rotatable bonds is 3. The second-order valence-corrected chi connectivity index (χ2v) is 3.26. The fraction of sp³-hybridized carbons (Fsp3) is 0.778. The van der Waals surface area contributed by atoms with Crippen molar-refractivity contribution in [3.05, 3.63) is 0 Å². The minimum Gasteiger partial charge on any atom is -0.378 e. The fourth-order valence-electron chi connectivity index (χ4n) is 1.51. The molecule has 0 radical (unpaired) electrons. The van der Waals surface area contributed by atoms with E-state index in [4.69, 9.17) is 10.00 Å². The molecule has 72 valence electrons. The monoisotopic (exact) mass is 182 g/mol. The highest BCUT2D eigenvalue weighted by Crippen LogP contribution is 2.09. The number of hydrogen-bond acceptors (Lipinski definition) is 4. The van der Waals surface area contributed by atoms with Crippen LogP contribution >= 0.6 is 0 Å². The third-order valence-electron chi connectivity index (χ3n) is 2.15. The van der Waals surface area contributed by atoms with E-state index in [9.17, 15) is 4.79 Å². The molecule has 1 heterocycles. The quantitative estimate of drug-likeness (QED) is 0.585. The minimum absolute atomic E-state index is 0.103. The van der Waals surface area contributed by atoms with Crippen LogP contribution in [0.15, 0.2) is 0 Å². The van der Waals surface area contributed by atoms with E-state index in [0.29, 0.717) is 26.2 Å². The van der Waals surface area contributed by atoms with E-state index >= 15 is 0 Å². The Bertz CT molecular complexity index is 222. The fourth-order valence-corrected chi connectivity index (χ4v) is 1.51.